The Labute approximate surface area is 160 Å². The van der Waals surface area contributed by atoms with Gasteiger partial charge in [0, 0.05) is 25.2 Å². The number of amides is 2. The summed E-state index contributed by atoms with van der Waals surface area (Å²) in [6.45, 7) is 8.29. The van der Waals surface area contributed by atoms with E-state index in [1.807, 2.05) is 18.2 Å². The van der Waals surface area contributed by atoms with Gasteiger partial charge in [-0.25, -0.2) is 9.78 Å². The molecule has 0 radical (unpaired) electrons. The predicted molar refractivity (Wildman–Crippen MR) is 111 cm³/mol. The van der Waals surface area contributed by atoms with Crippen molar-refractivity contribution in [3.63, 3.8) is 0 Å². The summed E-state index contributed by atoms with van der Waals surface area (Å²) < 4.78 is 2.17. The fourth-order valence-electron chi connectivity index (χ4n) is 3.04. The van der Waals surface area contributed by atoms with Crippen LogP contribution in [0.15, 0.2) is 48.5 Å². The molecule has 0 fully saturated rings. The number of para-hydroxylation sites is 2. The Morgan fingerprint density at radius 1 is 1.04 bits per heavy atom. The molecule has 0 bridgehead atoms. The molecule has 5 heteroatoms. The van der Waals surface area contributed by atoms with Gasteiger partial charge < -0.3 is 15.2 Å². The first kappa shape index (κ1) is 19.0. The summed E-state index contributed by atoms with van der Waals surface area (Å²) in [5.41, 5.74) is 4.35. The Kier molecular flexibility index (Phi) is 6.12. The Morgan fingerprint density at radius 2 is 1.74 bits per heavy atom. The number of hydrogen-bond donors (Lipinski definition) is 2. The van der Waals surface area contributed by atoms with Crippen molar-refractivity contribution in [3.8, 4) is 11.4 Å². The van der Waals surface area contributed by atoms with Gasteiger partial charge in [0.2, 0.25) is 0 Å². The molecule has 0 unspecified atom stereocenters. The monoisotopic (exact) mass is 364 g/mol. The molecular formula is C22H28N4O. The topological polar surface area (TPSA) is 59.0 Å². The highest BCUT2D eigenvalue weighted by Gasteiger charge is 2.12. The molecule has 3 rings (SSSR count). The first-order valence-electron chi connectivity index (χ1n) is 9.58. The molecule has 0 saturated heterocycles. The van der Waals surface area contributed by atoms with Crippen molar-refractivity contribution in [1.82, 2.24) is 20.2 Å². The lowest BCUT2D eigenvalue weighted by Gasteiger charge is -2.12. The number of fused-ring (bicyclic) bond motifs is 1. The fourth-order valence-corrected chi connectivity index (χ4v) is 3.04. The average molecular weight is 364 g/mol. The van der Waals surface area contributed by atoms with E-state index in [2.05, 4.69) is 66.3 Å². The predicted octanol–water partition coefficient (Wildman–Crippen LogP) is 4.36. The van der Waals surface area contributed by atoms with E-state index >= 15 is 0 Å². The molecular weight excluding hydrogens is 336 g/mol. The highest BCUT2D eigenvalue weighted by molar-refractivity contribution is 5.80. The van der Waals surface area contributed by atoms with Crippen molar-refractivity contribution in [2.24, 2.45) is 5.92 Å². The second-order valence-corrected chi connectivity index (χ2v) is 7.31. The summed E-state index contributed by atoms with van der Waals surface area (Å²) in [6.07, 6.45) is 0.983. The number of carbonyl (C=O) groups excluding carboxylic acids is 1. The van der Waals surface area contributed by atoms with E-state index in [0.29, 0.717) is 25.6 Å². The van der Waals surface area contributed by atoms with E-state index in [1.165, 1.54) is 5.56 Å². The van der Waals surface area contributed by atoms with Gasteiger partial charge in [0.05, 0.1) is 11.0 Å². The largest absolute Gasteiger partial charge is 0.338 e. The molecule has 1 aromatic heterocycles. The van der Waals surface area contributed by atoms with Gasteiger partial charge in [0.15, 0.2) is 0 Å². The van der Waals surface area contributed by atoms with Crippen LogP contribution < -0.4 is 10.6 Å². The van der Waals surface area contributed by atoms with Crippen LogP contribution in [0.3, 0.4) is 0 Å². The van der Waals surface area contributed by atoms with Gasteiger partial charge in [-0.1, -0.05) is 55.8 Å². The zero-order chi connectivity index (χ0) is 19.2. The molecule has 3 aromatic rings. The maximum atomic E-state index is 12.0. The standard InChI is InChI=1S/C22H28N4O/c1-16(2)12-13-23-22(27)24-14-15-26-20-7-5-4-6-19(20)25-21(26)18-10-8-17(3)9-11-18/h4-11,16H,12-15H2,1-3H3,(H2,23,24,27). The highest BCUT2D eigenvalue weighted by Crippen LogP contribution is 2.24. The molecule has 0 saturated carbocycles. The fraction of sp³-hybridized carbons (Fsp3) is 0.364. The summed E-state index contributed by atoms with van der Waals surface area (Å²) in [5.74, 6) is 1.51. The van der Waals surface area contributed by atoms with Crippen LogP contribution in [-0.2, 0) is 6.54 Å². The molecule has 0 aliphatic rings. The van der Waals surface area contributed by atoms with E-state index < -0.39 is 0 Å². The van der Waals surface area contributed by atoms with E-state index in [1.54, 1.807) is 0 Å². The van der Waals surface area contributed by atoms with Crippen LogP contribution in [0, 0.1) is 12.8 Å². The van der Waals surface area contributed by atoms with Gasteiger partial charge in [-0.3, -0.25) is 0 Å². The molecule has 2 aromatic carbocycles. The number of carbonyl (C=O) groups is 1. The number of aryl methyl sites for hydroxylation is 1. The summed E-state index contributed by atoms with van der Waals surface area (Å²) >= 11 is 0. The number of benzene rings is 2. The summed E-state index contributed by atoms with van der Waals surface area (Å²) in [5, 5.41) is 5.86. The lowest BCUT2D eigenvalue weighted by atomic mass is 10.1. The second-order valence-electron chi connectivity index (χ2n) is 7.31. The van der Waals surface area contributed by atoms with Crippen LogP contribution in [0.5, 0.6) is 0 Å². The van der Waals surface area contributed by atoms with Crippen molar-refractivity contribution in [2.75, 3.05) is 13.1 Å². The van der Waals surface area contributed by atoms with Crippen molar-refractivity contribution >= 4 is 17.1 Å². The van der Waals surface area contributed by atoms with Crippen LogP contribution in [0.4, 0.5) is 4.79 Å². The number of aromatic nitrogens is 2. The molecule has 2 amide bonds. The average Bonchev–Trinajstić information content (AvgIpc) is 3.01. The van der Waals surface area contributed by atoms with Crippen molar-refractivity contribution in [1.29, 1.82) is 0 Å². The maximum Gasteiger partial charge on any atom is 0.314 e. The number of rotatable bonds is 7. The molecule has 142 valence electrons. The van der Waals surface area contributed by atoms with Gasteiger partial charge >= 0.3 is 6.03 Å². The van der Waals surface area contributed by atoms with E-state index in [0.717, 1.165) is 28.8 Å². The molecule has 0 atom stereocenters. The lowest BCUT2D eigenvalue weighted by molar-refractivity contribution is 0.240. The van der Waals surface area contributed by atoms with Crippen LogP contribution >= 0.6 is 0 Å². The minimum Gasteiger partial charge on any atom is -0.338 e. The third-order valence-corrected chi connectivity index (χ3v) is 4.59. The minimum absolute atomic E-state index is 0.114. The van der Waals surface area contributed by atoms with Crippen molar-refractivity contribution in [3.05, 3.63) is 54.1 Å². The van der Waals surface area contributed by atoms with Crippen LogP contribution in [0.2, 0.25) is 0 Å². The van der Waals surface area contributed by atoms with E-state index in [9.17, 15) is 4.79 Å². The summed E-state index contributed by atoms with van der Waals surface area (Å²) in [4.78, 5) is 16.8. The van der Waals surface area contributed by atoms with Gasteiger partial charge in [0.25, 0.3) is 0 Å². The van der Waals surface area contributed by atoms with Crippen LogP contribution in [0.1, 0.15) is 25.8 Å². The Morgan fingerprint density at radius 3 is 2.48 bits per heavy atom. The molecule has 0 aliphatic heterocycles. The Balaban J connectivity index is 1.72. The number of nitrogens with zero attached hydrogens (tertiary/aromatic N) is 2. The van der Waals surface area contributed by atoms with Crippen LogP contribution in [0.25, 0.3) is 22.4 Å². The maximum absolute atomic E-state index is 12.0. The minimum atomic E-state index is -0.114. The van der Waals surface area contributed by atoms with E-state index in [-0.39, 0.29) is 6.03 Å². The highest BCUT2D eigenvalue weighted by atomic mass is 16.2. The Bertz CT molecular complexity index is 896. The number of urea groups is 1. The molecule has 1 heterocycles. The molecule has 0 aliphatic carbocycles. The quantitative estimate of drug-likeness (QED) is 0.654. The lowest BCUT2D eigenvalue weighted by Crippen LogP contribution is -2.38. The molecule has 5 nitrogen and oxygen atoms in total. The smallest absolute Gasteiger partial charge is 0.314 e. The van der Waals surface area contributed by atoms with Gasteiger partial charge in [-0.2, -0.15) is 0 Å². The zero-order valence-corrected chi connectivity index (χ0v) is 16.3. The van der Waals surface area contributed by atoms with Gasteiger partial charge in [0.1, 0.15) is 5.82 Å². The second kappa shape index (κ2) is 8.71. The normalized spacial score (nSPS) is 11.1. The van der Waals surface area contributed by atoms with E-state index in [4.69, 9.17) is 4.98 Å². The van der Waals surface area contributed by atoms with Gasteiger partial charge in [-0.05, 0) is 31.4 Å². The Hall–Kier alpha value is -2.82. The first-order chi connectivity index (χ1) is 13.0. The molecule has 27 heavy (non-hydrogen) atoms. The van der Waals surface area contributed by atoms with Crippen molar-refractivity contribution in [2.45, 2.75) is 33.7 Å². The third kappa shape index (κ3) is 4.88. The van der Waals surface area contributed by atoms with Crippen LogP contribution in [-0.4, -0.2) is 28.7 Å². The number of imidazole rings is 1. The zero-order valence-electron chi connectivity index (χ0n) is 16.3. The van der Waals surface area contributed by atoms with Crippen molar-refractivity contribution < 1.29 is 4.79 Å². The molecule has 2 N–H and O–H groups in total. The summed E-state index contributed by atoms with van der Waals surface area (Å²) in [7, 11) is 0. The third-order valence-electron chi connectivity index (χ3n) is 4.59. The van der Waals surface area contributed by atoms with Gasteiger partial charge in [-0.15, -0.1) is 0 Å². The SMILES string of the molecule is Cc1ccc(-c2nc3ccccc3n2CCNC(=O)NCCC(C)C)cc1. The first-order valence-corrected chi connectivity index (χ1v) is 9.58. The summed E-state index contributed by atoms with van der Waals surface area (Å²) in [6, 6.07) is 16.4. The number of hydrogen-bond acceptors (Lipinski definition) is 2. The molecule has 0 spiro atoms. The number of nitrogens with one attached hydrogen (secondary N) is 2.